The SMILES string of the molecule is COC(=O)c1cccnc1Nc1cccc(C(=O)Nc2ccc(C34CC5CC(CC(C5)C3)C4)cc2)c1. The molecule has 3 aromatic rings. The fraction of sp³-hybridized carbons (Fsp3) is 0.367. The Morgan fingerprint density at radius 2 is 1.58 bits per heavy atom. The molecule has 0 atom stereocenters. The van der Waals surface area contributed by atoms with Gasteiger partial charge < -0.3 is 15.4 Å². The standard InChI is InChI=1S/C30H31N3O3/c1-36-29(35)26-6-3-11-31-27(26)32-25-5-2-4-22(15-25)28(34)33-24-9-7-23(8-10-24)30-16-19-12-20(17-30)14-21(13-19)18-30/h2-11,15,19-21H,12-14,16-18H2,1H3,(H,31,32)(H,33,34). The molecular weight excluding hydrogens is 450 g/mol. The zero-order valence-corrected chi connectivity index (χ0v) is 20.5. The van der Waals surface area contributed by atoms with Crippen molar-refractivity contribution >= 4 is 29.1 Å². The number of amides is 1. The second-order valence-electron chi connectivity index (χ2n) is 10.8. The van der Waals surface area contributed by atoms with Gasteiger partial charge in [0.1, 0.15) is 11.4 Å². The van der Waals surface area contributed by atoms with Crippen LogP contribution in [0.1, 0.15) is 64.8 Å². The van der Waals surface area contributed by atoms with Gasteiger partial charge >= 0.3 is 5.97 Å². The van der Waals surface area contributed by atoms with Crippen LogP contribution in [0.2, 0.25) is 0 Å². The van der Waals surface area contributed by atoms with E-state index in [2.05, 4.69) is 27.8 Å². The summed E-state index contributed by atoms with van der Waals surface area (Å²) >= 11 is 0. The second-order valence-corrected chi connectivity index (χ2v) is 10.8. The first-order valence-corrected chi connectivity index (χ1v) is 12.8. The molecule has 4 aliphatic carbocycles. The van der Waals surface area contributed by atoms with Crippen LogP contribution >= 0.6 is 0 Å². The van der Waals surface area contributed by atoms with Crippen LogP contribution in [-0.2, 0) is 10.2 Å². The maximum atomic E-state index is 13.0. The normalized spacial score (nSPS) is 25.9. The van der Waals surface area contributed by atoms with Gasteiger partial charge in [0.05, 0.1) is 7.11 Å². The summed E-state index contributed by atoms with van der Waals surface area (Å²) in [6.45, 7) is 0. The Kier molecular flexibility index (Phi) is 5.75. The lowest BCUT2D eigenvalue weighted by molar-refractivity contribution is -0.00518. The number of rotatable bonds is 6. The van der Waals surface area contributed by atoms with Gasteiger partial charge in [-0.15, -0.1) is 0 Å². The van der Waals surface area contributed by atoms with Gasteiger partial charge in [0.25, 0.3) is 5.91 Å². The number of benzene rings is 2. The molecule has 2 aromatic carbocycles. The number of hydrogen-bond acceptors (Lipinski definition) is 5. The van der Waals surface area contributed by atoms with E-state index in [0.717, 1.165) is 23.4 Å². The summed E-state index contributed by atoms with van der Waals surface area (Å²) in [5.74, 6) is 2.44. The lowest BCUT2D eigenvalue weighted by Gasteiger charge is -2.57. The number of anilines is 3. The Labute approximate surface area is 211 Å². The van der Waals surface area contributed by atoms with Gasteiger partial charge in [-0.3, -0.25) is 4.79 Å². The van der Waals surface area contributed by atoms with Crippen molar-refractivity contribution in [3.63, 3.8) is 0 Å². The minimum absolute atomic E-state index is 0.185. The van der Waals surface area contributed by atoms with Crippen LogP contribution in [0.15, 0.2) is 66.9 Å². The molecule has 4 fully saturated rings. The van der Waals surface area contributed by atoms with Crippen LogP contribution in [0.25, 0.3) is 0 Å². The molecule has 0 unspecified atom stereocenters. The van der Waals surface area contributed by atoms with Gasteiger partial charge in [0.2, 0.25) is 0 Å². The van der Waals surface area contributed by atoms with E-state index in [9.17, 15) is 9.59 Å². The highest BCUT2D eigenvalue weighted by molar-refractivity contribution is 6.05. The molecule has 4 aliphatic rings. The molecule has 4 bridgehead atoms. The van der Waals surface area contributed by atoms with Gasteiger partial charge in [0, 0.05) is 23.1 Å². The quantitative estimate of drug-likeness (QED) is 0.402. The van der Waals surface area contributed by atoms with Crippen LogP contribution in [0.3, 0.4) is 0 Å². The Balaban J connectivity index is 1.15. The van der Waals surface area contributed by atoms with Gasteiger partial charge in [0.15, 0.2) is 0 Å². The van der Waals surface area contributed by atoms with Crippen molar-refractivity contribution in [2.45, 2.75) is 43.9 Å². The van der Waals surface area contributed by atoms with Crippen molar-refractivity contribution in [1.29, 1.82) is 0 Å². The van der Waals surface area contributed by atoms with Gasteiger partial charge in [-0.25, -0.2) is 9.78 Å². The number of pyridine rings is 1. The summed E-state index contributed by atoms with van der Waals surface area (Å²) in [7, 11) is 1.33. The highest BCUT2D eigenvalue weighted by Crippen LogP contribution is 2.60. The summed E-state index contributed by atoms with van der Waals surface area (Å²) < 4.78 is 4.84. The molecule has 7 rings (SSSR count). The molecule has 6 heteroatoms. The summed E-state index contributed by atoms with van der Waals surface area (Å²) in [4.78, 5) is 29.3. The maximum absolute atomic E-state index is 13.0. The van der Waals surface area contributed by atoms with Crippen molar-refractivity contribution < 1.29 is 14.3 Å². The largest absolute Gasteiger partial charge is 0.465 e. The maximum Gasteiger partial charge on any atom is 0.341 e. The number of carbonyl (C=O) groups is 2. The smallest absolute Gasteiger partial charge is 0.341 e. The van der Waals surface area contributed by atoms with E-state index in [1.807, 2.05) is 18.2 Å². The van der Waals surface area contributed by atoms with E-state index in [-0.39, 0.29) is 5.91 Å². The zero-order valence-electron chi connectivity index (χ0n) is 20.5. The molecule has 1 heterocycles. The summed E-state index contributed by atoms with van der Waals surface area (Å²) in [6.07, 6.45) is 9.90. The van der Waals surface area contributed by atoms with Crippen molar-refractivity contribution in [3.8, 4) is 0 Å². The van der Waals surface area contributed by atoms with E-state index in [4.69, 9.17) is 4.74 Å². The minimum Gasteiger partial charge on any atom is -0.465 e. The summed E-state index contributed by atoms with van der Waals surface area (Å²) in [6, 6.07) is 19.0. The average Bonchev–Trinajstić information content (AvgIpc) is 2.88. The average molecular weight is 482 g/mol. The molecule has 0 radical (unpaired) electrons. The lowest BCUT2D eigenvalue weighted by Crippen LogP contribution is -2.48. The fourth-order valence-electron chi connectivity index (χ4n) is 7.23. The topological polar surface area (TPSA) is 80.3 Å². The Bertz CT molecular complexity index is 1270. The number of nitrogens with one attached hydrogen (secondary N) is 2. The fourth-order valence-corrected chi connectivity index (χ4v) is 7.23. The molecule has 0 spiro atoms. The van der Waals surface area contributed by atoms with Gasteiger partial charge in [-0.1, -0.05) is 18.2 Å². The number of carbonyl (C=O) groups excluding carboxylic acids is 2. The van der Waals surface area contributed by atoms with Crippen molar-refractivity contribution in [2.75, 3.05) is 17.7 Å². The Morgan fingerprint density at radius 3 is 2.25 bits per heavy atom. The highest BCUT2D eigenvalue weighted by Gasteiger charge is 2.51. The van der Waals surface area contributed by atoms with Gasteiger partial charge in [-0.2, -0.15) is 0 Å². The number of nitrogens with zero attached hydrogens (tertiary/aromatic N) is 1. The molecule has 0 aliphatic heterocycles. The monoisotopic (exact) mass is 481 g/mol. The third-order valence-corrected chi connectivity index (χ3v) is 8.39. The van der Waals surface area contributed by atoms with E-state index >= 15 is 0 Å². The third kappa shape index (κ3) is 4.25. The number of ether oxygens (including phenoxy) is 1. The zero-order chi connectivity index (χ0) is 24.7. The highest BCUT2D eigenvalue weighted by atomic mass is 16.5. The minimum atomic E-state index is -0.475. The van der Waals surface area contributed by atoms with Crippen LogP contribution in [-0.4, -0.2) is 24.0 Å². The van der Waals surface area contributed by atoms with E-state index in [1.165, 1.54) is 51.2 Å². The molecule has 36 heavy (non-hydrogen) atoms. The van der Waals surface area contributed by atoms with Gasteiger partial charge in [-0.05, 0) is 110 Å². The number of aromatic nitrogens is 1. The third-order valence-electron chi connectivity index (χ3n) is 8.39. The predicted molar refractivity (Wildman–Crippen MR) is 140 cm³/mol. The van der Waals surface area contributed by atoms with E-state index < -0.39 is 5.97 Å². The number of hydrogen-bond donors (Lipinski definition) is 2. The first kappa shape index (κ1) is 22.8. The summed E-state index contributed by atoms with van der Waals surface area (Å²) in [5, 5.41) is 6.16. The summed E-state index contributed by atoms with van der Waals surface area (Å²) in [5.41, 5.74) is 4.09. The van der Waals surface area contributed by atoms with Crippen LogP contribution < -0.4 is 10.6 Å². The molecule has 2 N–H and O–H groups in total. The molecule has 6 nitrogen and oxygen atoms in total. The molecule has 184 valence electrons. The number of esters is 1. The molecule has 1 amide bonds. The van der Waals surface area contributed by atoms with E-state index in [0.29, 0.717) is 28.0 Å². The molecule has 1 aromatic heterocycles. The first-order chi connectivity index (χ1) is 17.5. The van der Waals surface area contributed by atoms with E-state index in [1.54, 1.807) is 36.5 Å². The molecular formula is C30H31N3O3. The number of methoxy groups -OCH3 is 1. The molecule has 4 saturated carbocycles. The van der Waals surface area contributed by atoms with Crippen LogP contribution in [0.4, 0.5) is 17.2 Å². The second kappa shape index (κ2) is 9.08. The van der Waals surface area contributed by atoms with Crippen molar-refractivity contribution in [1.82, 2.24) is 4.98 Å². The van der Waals surface area contributed by atoms with Crippen LogP contribution in [0, 0.1) is 17.8 Å². The first-order valence-electron chi connectivity index (χ1n) is 12.8. The lowest BCUT2D eigenvalue weighted by atomic mass is 9.48. The van der Waals surface area contributed by atoms with Crippen molar-refractivity contribution in [2.24, 2.45) is 17.8 Å². The predicted octanol–water partition coefficient (Wildman–Crippen LogP) is 6.33. The Morgan fingerprint density at radius 1 is 0.889 bits per heavy atom. The Hall–Kier alpha value is -3.67. The van der Waals surface area contributed by atoms with Crippen molar-refractivity contribution in [3.05, 3.63) is 83.6 Å². The molecule has 0 saturated heterocycles. The van der Waals surface area contributed by atoms with Crippen LogP contribution in [0.5, 0.6) is 0 Å².